The molecule has 142 valence electrons. The van der Waals surface area contributed by atoms with Gasteiger partial charge in [0, 0.05) is 6.54 Å². The first-order valence-corrected chi connectivity index (χ1v) is 8.11. The molecule has 25 heavy (non-hydrogen) atoms. The lowest BCUT2D eigenvalue weighted by Crippen LogP contribution is -2.40. The van der Waals surface area contributed by atoms with Crippen molar-refractivity contribution >= 4 is 11.6 Å². The van der Waals surface area contributed by atoms with E-state index in [9.17, 15) is 23.1 Å². The van der Waals surface area contributed by atoms with Gasteiger partial charge >= 0.3 is 6.18 Å². The van der Waals surface area contributed by atoms with Gasteiger partial charge in [0.1, 0.15) is 0 Å². The van der Waals surface area contributed by atoms with Crippen molar-refractivity contribution < 1.29 is 27.8 Å². The molecule has 0 aromatic heterocycles. The summed E-state index contributed by atoms with van der Waals surface area (Å²) in [6, 6.07) is 4.82. The zero-order valence-corrected chi connectivity index (χ0v) is 14.6. The van der Waals surface area contributed by atoms with Gasteiger partial charge in [-0.15, -0.1) is 0 Å². The van der Waals surface area contributed by atoms with Gasteiger partial charge in [-0.3, -0.25) is 9.69 Å². The summed E-state index contributed by atoms with van der Waals surface area (Å²) in [6.45, 7) is 6.15. The van der Waals surface area contributed by atoms with Crippen LogP contribution in [0.4, 0.5) is 18.9 Å². The van der Waals surface area contributed by atoms with E-state index in [2.05, 4.69) is 5.32 Å². The first-order chi connectivity index (χ1) is 11.6. The van der Waals surface area contributed by atoms with Crippen LogP contribution in [-0.4, -0.2) is 54.4 Å². The van der Waals surface area contributed by atoms with E-state index in [0.717, 1.165) is 6.07 Å². The number of benzene rings is 1. The third kappa shape index (κ3) is 7.85. The van der Waals surface area contributed by atoms with E-state index in [4.69, 9.17) is 4.74 Å². The van der Waals surface area contributed by atoms with E-state index in [1.165, 1.54) is 18.2 Å². The zero-order valence-electron chi connectivity index (χ0n) is 14.6. The minimum Gasteiger partial charge on any atom is -0.389 e. The highest BCUT2D eigenvalue weighted by Gasteiger charge is 2.33. The van der Waals surface area contributed by atoms with E-state index in [1.807, 2.05) is 13.8 Å². The van der Waals surface area contributed by atoms with Crippen LogP contribution in [0.2, 0.25) is 0 Å². The summed E-state index contributed by atoms with van der Waals surface area (Å²) >= 11 is 0. The standard InChI is InChI=1S/C17H25F3N2O3/c1-4-22(9-13(23)11-25-12(2)3)10-16(24)21-15-8-6-5-7-14(15)17(18,19)20/h5-8,12-13,23H,4,9-11H2,1-3H3,(H,21,24). The lowest BCUT2D eigenvalue weighted by molar-refractivity contribution is -0.137. The summed E-state index contributed by atoms with van der Waals surface area (Å²) in [4.78, 5) is 13.7. The molecule has 1 aromatic rings. The van der Waals surface area contributed by atoms with Crippen LogP contribution in [0, 0.1) is 0 Å². The number of amides is 1. The Morgan fingerprint density at radius 1 is 1.32 bits per heavy atom. The summed E-state index contributed by atoms with van der Waals surface area (Å²) in [6.07, 6.45) is -5.34. The quantitative estimate of drug-likeness (QED) is 0.709. The largest absolute Gasteiger partial charge is 0.418 e. The highest BCUT2D eigenvalue weighted by atomic mass is 19.4. The van der Waals surface area contributed by atoms with Gasteiger partial charge in [0.05, 0.1) is 36.6 Å². The third-order valence-corrected chi connectivity index (χ3v) is 3.41. The molecule has 0 saturated heterocycles. The molecule has 1 rings (SSSR count). The number of nitrogens with one attached hydrogen (secondary N) is 1. The monoisotopic (exact) mass is 362 g/mol. The second-order valence-electron chi connectivity index (χ2n) is 5.96. The maximum Gasteiger partial charge on any atom is 0.418 e. The average molecular weight is 362 g/mol. The van der Waals surface area contributed by atoms with Crippen LogP contribution in [-0.2, 0) is 15.7 Å². The molecule has 0 radical (unpaired) electrons. The number of aliphatic hydroxyl groups excluding tert-OH is 1. The number of para-hydroxylation sites is 1. The molecular formula is C17H25F3N2O3. The van der Waals surface area contributed by atoms with Crippen LogP contribution in [0.3, 0.4) is 0 Å². The Balaban J connectivity index is 2.63. The summed E-state index contributed by atoms with van der Waals surface area (Å²) in [7, 11) is 0. The van der Waals surface area contributed by atoms with Crippen molar-refractivity contribution in [2.45, 2.75) is 39.2 Å². The van der Waals surface area contributed by atoms with E-state index in [1.54, 1.807) is 11.8 Å². The fraction of sp³-hybridized carbons (Fsp3) is 0.588. The number of hydrogen-bond donors (Lipinski definition) is 2. The summed E-state index contributed by atoms with van der Waals surface area (Å²) in [5, 5.41) is 12.2. The molecule has 0 fully saturated rings. The smallest absolute Gasteiger partial charge is 0.389 e. The number of ether oxygens (including phenoxy) is 1. The number of halogens is 3. The van der Waals surface area contributed by atoms with Crippen molar-refractivity contribution in [1.82, 2.24) is 4.90 Å². The molecule has 1 atom stereocenters. The highest BCUT2D eigenvalue weighted by Crippen LogP contribution is 2.34. The second-order valence-corrected chi connectivity index (χ2v) is 5.96. The topological polar surface area (TPSA) is 61.8 Å². The fourth-order valence-electron chi connectivity index (χ4n) is 2.19. The number of anilines is 1. The molecule has 0 aliphatic heterocycles. The maximum atomic E-state index is 12.9. The molecule has 1 aromatic carbocycles. The number of aliphatic hydroxyl groups is 1. The molecule has 5 nitrogen and oxygen atoms in total. The Bertz CT molecular complexity index is 550. The molecule has 0 aliphatic carbocycles. The number of hydrogen-bond acceptors (Lipinski definition) is 4. The third-order valence-electron chi connectivity index (χ3n) is 3.41. The minimum absolute atomic E-state index is 0.0214. The molecule has 1 unspecified atom stereocenters. The van der Waals surface area contributed by atoms with Crippen LogP contribution in [0.15, 0.2) is 24.3 Å². The van der Waals surface area contributed by atoms with Crippen molar-refractivity contribution in [2.75, 3.05) is 31.6 Å². The highest BCUT2D eigenvalue weighted by molar-refractivity contribution is 5.93. The first-order valence-electron chi connectivity index (χ1n) is 8.11. The molecule has 0 spiro atoms. The Morgan fingerprint density at radius 2 is 1.96 bits per heavy atom. The predicted molar refractivity (Wildman–Crippen MR) is 89.3 cm³/mol. The minimum atomic E-state index is -4.54. The van der Waals surface area contributed by atoms with Crippen molar-refractivity contribution in [3.05, 3.63) is 29.8 Å². The maximum absolute atomic E-state index is 12.9. The molecule has 0 aliphatic rings. The van der Waals surface area contributed by atoms with Gasteiger partial charge in [-0.2, -0.15) is 13.2 Å². The lowest BCUT2D eigenvalue weighted by atomic mass is 10.1. The normalized spacial score (nSPS) is 13.3. The van der Waals surface area contributed by atoms with Gasteiger partial charge in [-0.1, -0.05) is 19.1 Å². The van der Waals surface area contributed by atoms with Crippen LogP contribution >= 0.6 is 0 Å². The number of carbonyl (C=O) groups is 1. The van der Waals surface area contributed by atoms with Crippen molar-refractivity contribution in [2.24, 2.45) is 0 Å². The molecule has 0 heterocycles. The second kappa shape index (κ2) is 9.74. The number of carbonyl (C=O) groups excluding carboxylic acids is 1. The van der Waals surface area contributed by atoms with Crippen LogP contribution in [0.25, 0.3) is 0 Å². The number of rotatable bonds is 9. The van der Waals surface area contributed by atoms with Gasteiger partial charge in [0.15, 0.2) is 0 Å². The van der Waals surface area contributed by atoms with E-state index < -0.39 is 23.8 Å². The first kappa shape index (κ1) is 21.4. The molecule has 2 N–H and O–H groups in total. The lowest BCUT2D eigenvalue weighted by Gasteiger charge is -2.24. The van der Waals surface area contributed by atoms with E-state index >= 15 is 0 Å². The van der Waals surface area contributed by atoms with Gasteiger partial charge in [-0.05, 0) is 32.5 Å². The number of alkyl halides is 3. The molecule has 0 saturated carbocycles. The van der Waals surface area contributed by atoms with Crippen LogP contribution in [0.5, 0.6) is 0 Å². The van der Waals surface area contributed by atoms with Gasteiger partial charge < -0.3 is 15.2 Å². The Morgan fingerprint density at radius 3 is 2.52 bits per heavy atom. The summed E-state index contributed by atoms with van der Waals surface area (Å²) in [5.74, 6) is -0.574. The molecule has 8 heteroatoms. The Hall–Kier alpha value is -1.64. The van der Waals surface area contributed by atoms with Gasteiger partial charge in [-0.25, -0.2) is 0 Å². The molecular weight excluding hydrogens is 337 g/mol. The van der Waals surface area contributed by atoms with Crippen LogP contribution < -0.4 is 5.32 Å². The van der Waals surface area contributed by atoms with E-state index in [0.29, 0.717) is 6.54 Å². The summed E-state index contributed by atoms with van der Waals surface area (Å²) < 4.78 is 44.1. The number of likely N-dealkylation sites (N-methyl/N-ethyl adjacent to an activating group) is 1. The number of nitrogens with zero attached hydrogens (tertiary/aromatic N) is 1. The zero-order chi connectivity index (χ0) is 19.0. The summed E-state index contributed by atoms with van der Waals surface area (Å²) in [5.41, 5.74) is -1.17. The predicted octanol–water partition coefficient (Wildman–Crippen LogP) is 2.75. The average Bonchev–Trinajstić information content (AvgIpc) is 2.51. The van der Waals surface area contributed by atoms with Crippen LogP contribution in [0.1, 0.15) is 26.3 Å². The molecule has 1 amide bonds. The Labute approximate surface area is 145 Å². The van der Waals surface area contributed by atoms with Crippen molar-refractivity contribution in [3.63, 3.8) is 0 Å². The molecule has 0 bridgehead atoms. The van der Waals surface area contributed by atoms with Crippen molar-refractivity contribution in [3.8, 4) is 0 Å². The van der Waals surface area contributed by atoms with E-state index in [-0.39, 0.29) is 31.5 Å². The fourth-order valence-corrected chi connectivity index (χ4v) is 2.19. The van der Waals surface area contributed by atoms with Crippen molar-refractivity contribution in [1.29, 1.82) is 0 Å². The SMILES string of the molecule is CCN(CC(=O)Nc1ccccc1C(F)(F)F)CC(O)COC(C)C. The van der Waals surface area contributed by atoms with Gasteiger partial charge in [0.25, 0.3) is 0 Å². The van der Waals surface area contributed by atoms with Gasteiger partial charge in [0.2, 0.25) is 5.91 Å². The Kier molecular flexibility index (Phi) is 8.34.